The summed E-state index contributed by atoms with van der Waals surface area (Å²) >= 11 is 0. The predicted octanol–water partition coefficient (Wildman–Crippen LogP) is 3.69. The van der Waals surface area contributed by atoms with Crippen LogP contribution in [-0.2, 0) is 11.3 Å². The summed E-state index contributed by atoms with van der Waals surface area (Å²) in [5.74, 6) is 0.759. The first-order chi connectivity index (χ1) is 11.2. The van der Waals surface area contributed by atoms with E-state index >= 15 is 0 Å². The zero-order chi connectivity index (χ0) is 16.1. The zero-order valence-electron chi connectivity index (χ0n) is 13.1. The predicted molar refractivity (Wildman–Crippen MR) is 88.9 cm³/mol. The molecule has 23 heavy (non-hydrogen) atoms. The van der Waals surface area contributed by atoms with Crippen LogP contribution in [0.25, 0.3) is 0 Å². The van der Waals surface area contributed by atoms with Gasteiger partial charge in [0.25, 0.3) is 0 Å². The molecule has 0 fully saturated rings. The highest BCUT2D eigenvalue weighted by Gasteiger charge is 2.18. The SMILES string of the molecule is Cc1ccccc1[C@H](CC(=O)NCc1ccco1)n1cccc1. The fraction of sp³-hybridized carbons (Fsp3) is 0.211. The van der Waals surface area contributed by atoms with Crippen LogP contribution in [0.15, 0.2) is 71.6 Å². The third-order valence-electron chi connectivity index (χ3n) is 3.95. The number of carbonyl (C=O) groups excluding carboxylic acids is 1. The first-order valence-electron chi connectivity index (χ1n) is 7.71. The molecule has 2 heterocycles. The Kier molecular flexibility index (Phi) is 4.62. The van der Waals surface area contributed by atoms with Gasteiger partial charge in [0, 0.05) is 12.4 Å². The normalized spacial score (nSPS) is 12.0. The average Bonchev–Trinajstić information content (AvgIpc) is 3.25. The number of hydrogen-bond donors (Lipinski definition) is 1. The van der Waals surface area contributed by atoms with E-state index in [1.54, 1.807) is 6.26 Å². The first-order valence-corrected chi connectivity index (χ1v) is 7.71. The number of amides is 1. The topological polar surface area (TPSA) is 47.2 Å². The summed E-state index contributed by atoms with van der Waals surface area (Å²) < 4.78 is 7.32. The molecule has 0 aliphatic carbocycles. The Morgan fingerprint density at radius 2 is 1.91 bits per heavy atom. The quantitative estimate of drug-likeness (QED) is 0.755. The van der Waals surface area contributed by atoms with E-state index in [2.05, 4.69) is 28.9 Å². The number of furan rings is 1. The summed E-state index contributed by atoms with van der Waals surface area (Å²) in [4.78, 5) is 12.4. The van der Waals surface area contributed by atoms with Crippen LogP contribution in [0.2, 0.25) is 0 Å². The van der Waals surface area contributed by atoms with Crippen molar-refractivity contribution in [2.24, 2.45) is 0 Å². The van der Waals surface area contributed by atoms with Crippen LogP contribution in [0.5, 0.6) is 0 Å². The highest BCUT2D eigenvalue weighted by molar-refractivity contribution is 5.76. The van der Waals surface area contributed by atoms with E-state index in [-0.39, 0.29) is 11.9 Å². The summed E-state index contributed by atoms with van der Waals surface area (Å²) in [6, 6.07) is 15.8. The second kappa shape index (κ2) is 7.01. The molecule has 2 aromatic heterocycles. The molecular weight excluding hydrogens is 288 g/mol. The van der Waals surface area contributed by atoms with Crippen molar-refractivity contribution in [2.75, 3.05) is 0 Å². The van der Waals surface area contributed by atoms with Crippen molar-refractivity contribution in [3.63, 3.8) is 0 Å². The number of aryl methyl sites for hydroxylation is 1. The average molecular weight is 308 g/mol. The van der Waals surface area contributed by atoms with Gasteiger partial charge in [-0.25, -0.2) is 0 Å². The largest absolute Gasteiger partial charge is 0.467 e. The molecule has 0 radical (unpaired) electrons. The number of carbonyl (C=O) groups is 1. The van der Waals surface area contributed by atoms with Gasteiger partial charge in [-0.2, -0.15) is 0 Å². The Morgan fingerprint density at radius 1 is 1.13 bits per heavy atom. The molecule has 4 heteroatoms. The minimum Gasteiger partial charge on any atom is -0.467 e. The number of nitrogens with zero attached hydrogens (tertiary/aromatic N) is 1. The summed E-state index contributed by atoms with van der Waals surface area (Å²) in [6.45, 7) is 2.49. The number of aromatic nitrogens is 1. The van der Waals surface area contributed by atoms with Gasteiger partial charge >= 0.3 is 0 Å². The zero-order valence-corrected chi connectivity index (χ0v) is 13.1. The lowest BCUT2D eigenvalue weighted by molar-refractivity contribution is -0.121. The van der Waals surface area contributed by atoms with Crippen molar-refractivity contribution < 1.29 is 9.21 Å². The second-order valence-electron chi connectivity index (χ2n) is 5.56. The Bertz CT molecular complexity index is 746. The number of benzene rings is 1. The van der Waals surface area contributed by atoms with Crippen LogP contribution in [0.3, 0.4) is 0 Å². The molecule has 1 atom stereocenters. The van der Waals surface area contributed by atoms with Gasteiger partial charge in [0.05, 0.1) is 25.3 Å². The van der Waals surface area contributed by atoms with E-state index in [1.807, 2.05) is 48.8 Å². The van der Waals surface area contributed by atoms with Crippen LogP contribution in [-0.4, -0.2) is 10.5 Å². The fourth-order valence-corrected chi connectivity index (χ4v) is 2.74. The van der Waals surface area contributed by atoms with Gasteiger partial charge in [-0.1, -0.05) is 24.3 Å². The number of rotatable bonds is 6. The van der Waals surface area contributed by atoms with Crippen molar-refractivity contribution in [3.05, 3.63) is 84.1 Å². The lowest BCUT2D eigenvalue weighted by Gasteiger charge is -2.21. The minimum atomic E-state index is -0.0113. The van der Waals surface area contributed by atoms with Crippen molar-refractivity contribution in [1.82, 2.24) is 9.88 Å². The van der Waals surface area contributed by atoms with Gasteiger partial charge in [-0.3, -0.25) is 4.79 Å². The molecule has 3 rings (SSSR count). The summed E-state index contributed by atoms with van der Waals surface area (Å²) in [5.41, 5.74) is 2.35. The Labute approximate surface area is 135 Å². The number of hydrogen-bond acceptors (Lipinski definition) is 2. The minimum absolute atomic E-state index is 0.00310. The van der Waals surface area contributed by atoms with Crippen LogP contribution in [0.1, 0.15) is 29.3 Å². The van der Waals surface area contributed by atoms with E-state index in [0.29, 0.717) is 13.0 Å². The highest BCUT2D eigenvalue weighted by Crippen LogP contribution is 2.25. The molecule has 0 unspecified atom stereocenters. The van der Waals surface area contributed by atoms with Gasteiger partial charge in [-0.15, -0.1) is 0 Å². The van der Waals surface area contributed by atoms with Gasteiger partial charge in [0.15, 0.2) is 0 Å². The first kappa shape index (κ1) is 15.2. The Morgan fingerprint density at radius 3 is 2.61 bits per heavy atom. The second-order valence-corrected chi connectivity index (χ2v) is 5.56. The van der Waals surface area contributed by atoms with Crippen LogP contribution in [0, 0.1) is 6.92 Å². The molecule has 0 spiro atoms. The van der Waals surface area contributed by atoms with Crippen molar-refractivity contribution in [2.45, 2.75) is 25.9 Å². The molecule has 0 aliphatic rings. The van der Waals surface area contributed by atoms with Crippen LogP contribution >= 0.6 is 0 Å². The van der Waals surface area contributed by atoms with Crippen molar-refractivity contribution >= 4 is 5.91 Å². The summed E-state index contributed by atoms with van der Waals surface area (Å²) in [7, 11) is 0. The lowest BCUT2D eigenvalue weighted by atomic mass is 9.98. The van der Waals surface area contributed by atoms with E-state index in [0.717, 1.165) is 11.3 Å². The molecule has 0 saturated heterocycles. The van der Waals surface area contributed by atoms with E-state index < -0.39 is 0 Å². The van der Waals surface area contributed by atoms with Gasteiger partial charge in [0.2, 0.25) is 5.91 Å². The van der Waals surface area contributed by atoms with Gasteiger partial charge in [0.1, 0.15) is 5.76 Å². The van der Waals surface area contributed by atoms with Crippen LogP contribution < -0.4 is 5.32 Å². The Hall–Kier alpha value is -2.75. The molecule has 0 bridgehead atoms. The summed E-state index contributed by atoms with van der Waals surface area (Å²) in [5, 5.41) is 2.92. The van der Waals surface area contributed by atoms with Crippen molar-refractivity contribution in [3.8, 4) is 0 Å². The molecule has 0 aliphatic heterocycles. The Balaban J connectivity index is 1.74. The third kappa shape index (κ3) is 3.72. The number of nitrogens with one attached hydrogen (secondary N) is 1. The molecule has 1 aromatic carbocycles. The smallest absolute Gasteiger partial charge is 0.222 e. The molecular formula is C19H20N2O2. The highest BCUT2D eigenvalue weighted by atomic mass is 16.3. The van der Waals surface area contributed by atoms with Gasteiger partial charge < -0.3 is 14.3 Å². The van der Waals surface area contributed by atoms with Gasteiger partial charge in [-0.05, 0) is 42.3 Å². The third-order valence-corrected chi connectivity index (χ3v) is 3.95. The van der Waals surface area contributed by atoms with E-state index in [1.165, 1.54) is 5.56 Å². The molecule has 3 aromatic rings. The monoisotopic (exact) mass is 308 g/mol. The van der Waals surface area contributed by atoms with E-state index in [9.17, 15) is 4.79 Å². The maximum Gasteiger partial charge on any atom is 0.222 e. The lowest BCUT2D eigenvalue weighted by Crippen LogP contribution is -2.26. The molecule has 1 amide bonds. The molecule has 0 saturated carbocycles. The van der Waals surface area contributed by atoms with Crippen molar-refractivity contribution in [1.29, 1.82) is 0 Å². The maximum absolute atomic E-state index is 12.4. The molecule has 118 valence electrons. The maximum atomic E-state index is 12.4. The van der Waals surface area contributed by atoms with E-state index in [4.69, 9.17) is 4.42 Å². The van der Waals surface area contributed by atoms with Crippen LogP contribution in [0.4, 0.5) is 0 Å². The molecule has 1 N–H and O–H groups in total. The fourth-order valence-electron chi connectivity index (χ4n) is 2.74. The standard InChI is InChI=1S/C19H20N2O2/c1-15-7-2-3-9-17(15)18(21-10-4-5-11-21)13-19(22)20-14-16-8-6-12-23-16/h2-12,18H,13-14H2,1H3,(H,20,22)/t18-/m0/s1. The summed E-state index contributed by atoms with van der Waals surface area (Å²) in [6.07, 6.45) is 5.99. The molecule has 4 nitrogen and oxygen atoms in total.